The second kappa shape index (κ2) is 6.83. The van der Waals surface area contributed by atoms with Crippen LogP contribution < -0.4 is 22.1 Å². The van der Waals surface area contributed by atoms with Crippen molar-refractivity contribution in [2.75, 3.05) is 5.43 Å². The molecule has 0 aliphatic carbocycles. The molecule has 0 radical (unpaired) electrons. The summed E-state index contributed by atoms with van der Waals surface area (Å²) in [6.07, 6.45) is -3.36. The van der Waals surface area contributed by atoms with Gasteiger partial charge in [-0.2, -0.15) is 13.2 Å². The molecule has 1 aromatic carbocycles. The van der Waals surface area contributed by atoms with Crippen LogP contribution in [0.4, 0.5) is 18.9 Å². The van der Waals surface area contributed by atoms with E-state index in [0.717, 1.165) is 22.9 Å². The number of aryl methyl sites for hydroxylation is 1. The summed E-state index contributed by atoms with van der Waals surface area (Å²) in [6.45, 7) is 0. The van der Waals surface area contributed by atoms with Gasteiger partial charge in [-0.15, -0.1) is 0 Å². The summed E-state index contributed by atoms with van der Waals surface area (Å²) in [4.78, 5) is 40.4. The van der Waals surface area contributed by atoms with Crippen LogP contribution in [-0.2, 0) is 20.3 Å². The van der Waals surface area contributed by atoms with E-state index in [4.69, 9.17) is 0 Å². The van der Waals surface area contributed by atoms with Crippen molar-refractivity contribution in [1.82, 2.24) is 19.5 Å². The average Bonchev–Trinajstić information content (AvgIpc) is 2.68. The van der Waals surface area contributed by atoms with Gasteiger partial charge in [0, 0.05) is 20.3 Å². The first kappa shape index (κ1) is 19.1. The maximum atomic E-state index is 12.7. The minimum atomic E-state index is -4.51. The average molecular weight is 393 g/mol. The van der Waals surface area contributed by atoms with Gasteiger partial charge in [0.05, 0.1) is 22.2 Å². The van der Waals surface area contributed by atoms with Gasteiger partial charge >= 0.3 is 11.9 Å². The number of benzene rings is 1. The molecule has 2 N–H and O–H groups in total. The van der Waals surface area contributed by atoms with Gasteiger partial charge in [-0.05, 0) is 24.3 Å². The van der Waals surface area contributed by atoms with Crippen molar-refractivity contribution in [3.63, 3.8) is 0 Å². The van der Waals surface area contributed by atoms with Crippen LogP contribution in [0.2, 0.25) is 0 Å². The van der Waals surface area contributed by atoms with Gasteiger partial charge in [0.15, 0.2) is 0 Å². The molecule has 2 heterocycles. The van der Waals surface area contributed by atoms with Gasteiger partial charge in [-0.3, -0.25) is 29.6 Å². The van der Waals surface area contributed by atoms with Crippen LogP contribution in [0, 0.1) is 0 Å². The Labute approximate surface area is 155 Å². The lowest BCUT2D eigenvalue weighted by molar-refractivity contribution is -0.137. The maximum Gasteiger partial charge on any atom is 0.416 e. The summed E-state index contributed by atoms with van der Waals surface area (Å²) < 4.78 is 40.2. The molecule has 2 aromatic heterocycles. The summed E-state index contributed by atoms with van der Waals surface area (Å²) in [7, 11) is 2.73. The largest absolute Gasteiger partial charge is 0.416 e. The SMILES string of the molecule is Cn1c(=O)c2cc(C(=O)NNc3cccc(C(F)(F)F)c3)cnc2n(C)c1=O. The number of hydrazine groups is 1. The number of alkyl halides is 3. The van der Waals surface area contributed by atoms with Crippen molar-refractivity contribution >= 4 is 22.6 Å². The zero-order chi connectivity index (χ0) is 20.6. The van der Waals surface area contributed by atoms with Crippen molar-refractivity contribution < 1.29 is 18.0 Å². The number of rotatable bonds is 3. The van der Waals surface area contributed by atoms with Gasteiger partial charge in [0.2, 0.25) is 0 Å². The number of nitrogens with zero attached hydrogens (tertiary/aromatic N) is 3. The van der Waals surface area contributed by atoms with Crippen molar-refractivity contribution in [2.45, 2.75) is 6.18 Å². The fraction of sp³-hybridized carbons (Fsp3) is 0.176. The highest BCUT2D eigenvalue weighted by Crippen LogP contribution is 2.30. The van der Waals surface area contributed by atoms with Crippen LogP contribution in [0.3, 0.4) is 0 Å². The van der Waals surface area contributed by atoms with E-state index in [1.807, 2.05) is 0 Å². The second-order valence-corrected chi connectivity index (χ2v) is 5.96. The van der Waals surface area contributed by atoms with Gasteiger partial charge in [0.1, 0.15) is 5.65 Å². The van der Waals surface area contributed by atoms with Gasteiger partial charge < -0.3 is 0 Å². The summed E-state index contributed by atoms with van der Waals surface area (Å²) in [5.41, 5.74) is 2.70. The minimum absolute atomic E-state index is 0.0114. The van der Waals surface area contributed by atoms with Crippen LogP contribution in [0.5, 0.6) is 0 Å². The lowest BCUT2D eigenvalue weighted by atomic mass is 10.2. The molecule has 28 heavy (non-hydrogen) atoms. The molecule has 8 nitrogen and oxygen atoms in total. The molecule has 3 aromatic rings. The summed E-state index contributed by atoms with van der Waals surface area (Å²) in [5.74, 6) is -0.720. The Morgan fingerprint density at radius 1 is 1.11 bits per heavy atom. The minimum Gasteiger partial charge on any atom is -0.298 e. The summed E-state index contributed by atoms with van der Waals surface area (Å²) >= 11 is 0. The first-order chi connectivity index (χ1) is 13.1. The zero-order valence-electron chi connectivity index (χ0n) is 14.7. The first-order valence-electron chi connectivity index (χ1n) is 7.89. The standard InChI is InChI=1S/C17H14F3N5O3/c1-24-13-12(15(27)25(2)16(24)28)6-9(8-21-13)14(26)23-22-11-5-3-4-10(7-11)17(18,19)20/h3-8,22H,1-2H3,(H,23,26). The molecule has 0 bridgehead atoms. The van der Waals surface area contributed by atoms with Crippen LogP contribution in [0.15, 0.2) is 46.1 Å². The normalized spacial score (nSPS) is 11.5. The number of amides is 1. The third-order valence-corrected chi connectivity index (χ3v) is 4.07. The quantitative estimate of drug-likeness (QED) is 0.656. The number of hydrogen-bond acceptors (Lipinski definition) is 5. The molecule has 0 aliphatic rings. The fourth-order valence-electron chi connectivity index (χ4n) is 2.56. The summed E-state index contributed by atoms with van der Waals surface area (Å²) in [5, 5.41) is 0.0521. The van der Waals surface area contributed by atoms with Gasteiger partial charge in [-0.25, -0.2) is 9.78 Å². The highest BCUT2D eigenvalue weighted by atomic mass is 19.4. The lowest BCUT2D eigenvalue weighted by Crippen LogP contribution is -2.37. The predicted molar refractivity (Wildman–Crippen MR) is 94.8 cm³/mol. The van der Waals surface area contributed by atoms with E-state index in [1.165, 1.54) is 36.9 Å². The second-order valence-electron chi connectivity index (χ2n) is 5.96. The van der Waals surface area contributed by atoms with Gasteiger partial charge in [0.25, 0.3) is 11.5 Å². The molecule has 3 rings (SSSR count). The van der Waals surface area contributed by atoms with Crippen LogP contribution in [-0.4, -0.2) is 20.0 Å². The van der Waals surface area contributed by atoms with Crippen molar-refractivity contribution in [1.29, 1.82) is 0 Å². The zero-order valence-corrected chi connectivity index (χ0v) is 14.7. The smallest absolute Gasteiger partial charge is 0.298 e. The van der Waals surface area contributed by atoms with Crippen LogP contribution in [0.25, 0.3) is 11.0 Å². The Kier molecular flexibility index (Phi) is 4.67. The molecule has 0 saturated carbocycles. The molecule has 0 aliphatic heterocycles. The number of anilines is 1. The van der Waals surface area contributed by atoms with Gasteiger partial charge in [-0.1, -0.05) is 6.07 Å². The Morgan fingerprint density at radius 2 is 1.82 bits per heavy atom. The Balaban J connectivity index is 1.87. The molecule has 1 amide bonds. The fourth-order valence-corrected chi connectivity index (χ4v) is 2.56. The molecule has 11 heteroatoms. The highest BCUT2D eigenvalue weighted by molar-refractivity contribution is 5.97. The van der Waals surface area contributed by atoms with Crippen molar-refractivity contribution in [2.24, 2.45) is 14.1 Å². The third-order valence-electron chi connectivity index (χ3n) is 4.07. The molecule has 0 saturated heterocycles. The molecular formula is C17H14F3N5O3. The summed E-state index contributed by atoms with van der Waals surface area (Å²) in [6, 6.07) is 5.54. The number of carbonyl (C=O) groups excluding carboxylic acids is 1. The number of hydrogen-bond donors (Lipinski definition) is 2. The Morgan fingerprint density at radius 3 is 2.50 bits per heavy atom. The lowest BCUT2D eigenvalue weighted by Gasteiger charge is -2.12. The molecule has 0 unspecified atom stereocenters. The molecular weight excluding hydrogens is 379 g/mol. The third kappa shape index (κ3) is 3.46. The maximum absolute atomic E-state index is 12.7. The van der Waals surface area contributed by atoms with E-state index < -0.39 is 28.9 Å². The topological polar surface area (TPSA) is 98.0 Å². The Hall–Kier alpha value is -3.63. The van der Waals surface area contributed by atoms with E-state index in [9.17, 15) is 27.6 Å². The molecule has 146 valence electrons. The first-order valence-corrected chi connectivity index (χ1v) is 7.89. The van der Waals surface area contributed by atoms with E-state index in [0.29, 0.717) is 0 Å². The number of carbonyl (C=O) groups is 1. The number of fused-ring (bicyclic) bond motifs is 1. The van der Waals surface area contributed by atoms with Crippen LogP contribution in [0.1, 0.15) is 15.9 Å². The number of nitrogens with one attached hydrogen (secondary N) is 2. The van der Waals surface area contributed by atoms with E-state index in [2.05, 4.69) is 15.8 Å². The molecule has 0 atom stereocenters. The number of pyridine rings is 1. The monoisotopic (exact) mass is 393 g/mol. The number of halogens is 3. The van der Waals surface area contributed by atoms with Crippen molar-refractivity contribution in [3.8, 4) is 0 Å². The van der Waals surface area contributed by atoms with E-state index in [1.54, 1.807) is 0 Å². The number of aromatic nitrogens is 3. The predicted octanol–water partition coefficient (Wildman–Crippen LogP) is 1.41. The Bertz CT molecular complexity index is 1200. The van der Waals surface area contributed by atoms with Crippen molar-refractivity contribution in [3.05, 3.63) is 68.5 Å². The highest BCUT2D eigenvalue weighted by Gasteiger charge is 2.30. The van der Waals surface area contributed by atoms with E-state index >= 15 is 0 Å². The van der Waals surface area contributed by atoms with E-state index in [-0.39, 0.29) is 22.3 Å². The molecule has 0 fully saturated rings. The van der Waals surface area contributed by atoms with Crippen LogP contribution >= 0.6 is 0 Å². The molecule has 0 spiro atoms.